The van der Waals surface area contributed by atoms with Crippen molar-refractivity contribution >= 4 is 58.0 Å². The van der Waals surface area contributed by atoms with E-state index in [4.69, 9.17) is 5.11 Å². The molecule has 0 aliphatic rings. The third-order valence-electron chi connectivity index (χ3n) is 1.48. The molecule has 0 spiro atoms. The number of hydrogen-bond donors (Lipinski definition) is 1. The fraction of sp³-hybridized carbons (Fsp3) is 0. The molecule has 1 rings (SSSR count). The summed E-state index contributed by atoms with van der Waals surface area (Å²) in [4.78, 5) is -2.67. The van der Waals surface area contributed by atoms with E-state index >= 15 is 0 Å². The molecule has 0 fully saturated rings. The van der Waals surface area contributed by atoms with E-state index < -0.39 is 35.8 Å². The molecule has 7 nitrogen and oxygen atoms in total. The smallest absolute Gasteiger partial charge is 0.744 e. The first-order valence-corrected chi connectivity index (χ1v) is 6.19. The van der Waals surface area contributed by atoms with Gasteiger partial charge in [-0.05, 0) is 12.1 Å². The molecule has 1 aromatic carbocycles. The number of rotatable bonds is 2. The van der Waals surface area contributed by atoms with E-state index in [1.807, 2.05) is 0 Å². The number of hydrogen-bond acceptors (Lipinski definition) is 7. The van der Waals surface area contributed by atoms with Crippen LogP contribution in [0.15, 0.2) is 28.0 Å². The predicted molar refractivity (Wildman–Crippen MR) is 49.8 cm³/mol. The van der Waals surface area contributed by atoms with Crippen molar-refractivity contribution in [2.24, 2.45) is 0 Å². The van der Waals surface area contributed by atoms with Crippen LogP contribution in [0.1, 0.15) is 0 Å². The summed E-state index contributed by atoms with van der Waals surface area (Å²) in [6.07, 6.45) is 0. The summed E-state index contributed by atoms with van der Waals surface area (Å²) in [5.74, 6) is -1.07. The van der Waals surface area contributed by atoms with E-state index in [1.54, 1.807) is 0 Å². The second kappa shape index (κ2) is 5.17. The summed E-state index contributed by atoms with van der Waals surface area (Å²) in [6.45, 7) is 0. The average Bonchev–Trinajstić information content (AvgIpc) is 1.99. The summed E-state index contributed by atoms with van der Waals surface area (Å²) in [5, 5.41) is 9.01. The monoisotopic (exact) mass is 292 g/mol. The molecule has 0 unspecified atom stereocenters. The van der Waals surface area contributed by atoms with Crippen LogP contribution in [0.2, 0.25) is 0 Å². The van der Waals surface area contributed by atoms with Gasteiger partial charge >= 0.3 is 37.7 Å². The van der Waals surface area contributed by atoms with Crippen molar-refractivity contribution in [2.45, 2.75) is 9.79 Å². The Kier molecular flexibility index (Phi) is 5.20. The topological polar surface area (TPSA) is 135 Å². The van der Waals surface area contributed by atoms with Gasteiger partial charge in [0.15, 0.2) is 0 Å². The van der Waals surface area contributed by atoms with Crippen LogP contribution in [-0.2, 0) is 20.2 Å². The van der Waals surface area contributed by atoms with Crippen molar-refractivity contribution in [3.8, 4) is 5.75 Å². The van der Waals surface area contributed by atoms with E-state index in [2.05, 4.69) is 0 Å². The molecule has 1 N–H and O–H groups in total. The Labute approximate surface area is 122 Å². The second-order valence-corrected chi connectivity index (χ2v) is 5.18. The summed E-state index contributed by atoms with van der Waals surface area (Å²) < 4.78 is 63.6. The SMILES string of the molecule is O=S(=O)([O-])c1cccc(O)c1S(=O)(=O)[O-].[Ca+2]. The van der Waals surface area contributed by atoms with Crippen LogP contribution in [0.5, 0.6) is 5.75 Å². The summed E-state index contributed by atoms with van der Waals surface area (Å²) in [5.41, 5.74) is 0. The molecule has 84 valence electrons. The molecule has 0 atom stereocenters. The fourth-order valence-electron chi connectivity index (χ4n) is 0.952. The standard InChI is InChI=1S/C6H6O7S2.Ca/c7-4-2-1-3-5(14(8,9)10)6(4)15(11,12)13;/h1-3,7H,(H,8,9,10)(H,11,12,13);/q;+2/p-2. The molecule has 16 heavy (non-hydrogen) atoms. The van der Waals surface area contributed by atoms with Crippen molar-refractivity contribution in [3.05, 3.63) is 18.2 Å². The first-order chi connectivity index (χ1) is 6.64. The molecule has 1 aromatic rings. The van der Waals surface area contributed by atoms with Crippen molar-refractivity contribution < 1.29 is 31.0 Å². The van der Waals surface area contributed by atoms with Crippen molar-refractivity contribution in [3.63, 3.8) is 0 Å². The molecule has 10 heteroatoms. The molecule has 0 heterocycles. The van der Waals surface area contributed by atoms with Crippen LogP contribution in [0.25, 0.3) is 0 Å². The number of aromatic hydroxyl groups is 1. The van der Waals surface area contributed by atoms with Gasteiger partial charge in [-0.15, -0.1) is 0 Å². The van der Waals surface area contributed by atoms with Crippen LogP contribution in [-0.4, -0.2) is 68.8 Å². The van der Waals surface area contributed by atoms with Crippen molar-refractivity contribution in [1.82, 2.24) is 0 Å². The van der Waals surface area contributed by atoms with Crippen molar-refractivity contribution in [1.29, 1.82) is 0 Å². The third kappa shape index (κ3) is 3.55. The molecule has 0 radical (unpaired) electrons. The maximum absolute atomic E-state index is 10.6. The number of phenolic OH excluding ortho intramolecular Hbond substituents is 1. The van der Waals surface area contributed by atoms with Crippen LogP contribution in [0.4, 0.5) is 0 Å². The Morgan fingerprint density at radius 3 is 1.81 bits per heavy atom. The minimum Gasteiger partial charge on any atom is -0.744 e. The Balaban J connectivity index is 0.00000225. The number of benzene rings is 1. The van der Waals surface area contributed by atoms with Crippen LogP contribution in [0, 0.1) is 0 Å². The van der Waals surface area contributed by atoms with E-state index in [0.29, 0.717) is 6.07 Å². The first-order valence-electron chi connectivity index (χ1n) is 3.38. The van der Waals surface area contributed by atoms with Gasteiger partial charge in [0.1, 0.15) is 30.9 Å². The van der Waals surface area contributed by atoms with Gasteiger partial charge in [0.05, 0.1) is 4.90 Å². The Morgan fingerprint density at radius 1 is 1.00 bits per heavy atom. The zero-order valence-electron chi connectivity index (χ0n) is 7.65. The van der Waals surface area contributed by atoms with Crippen molar-refractivity contribution in [2.75, 3.05) is 0 Å². The Hall–Kier alpha value is 0.0997. The van der Waals surface area contributed by atoms with Gasteiger partial charge in [-0.25, -0.2) is 16.8 Å². The molecule has 0 aliphatic carbocycles. The van der Waals surface area contributed by atoms with E-state index in [9.17, 15) is 25.9 Å². The molecule has 0 aromatic heterocycles. The maximum Gasteiger partial charge on any atom is 2.00 e. The second-order valence-electron chi connectivity index (χ2n) is 2.51. The summed E-state index contributed by atoms with van der Waals surface area (Å²) in [7, 11) is -10.4. The van der Waals surface area contributed by atoms with E-state index in [1.165, 1.54) is 0 Å². The molecule has 0 saturated heterocycles. The van der Waals surface area contributed by atoms with Gasteiger partial charge in [0.25, 0.3) is 0 Å². The molecule has 0 aliphatic heterocycles. The van der Waals surface area contributed by atoms with Gasteiger partial charge in [-0.3, -0.25) is 0 Å². The van der Waals surface area contributed by atoms with Gasteiger partial charge in [0.2, 0.25) is 0 Å². The molecule has 0 bridgehead atoms. The van der Waals surface area contributed by atoms with Gasteiger partial charge < -0.3 is 14.2 Å². The van der Waals surface area contributed by atoms with Crippen LogP contribution >= 0.6 is 0 Å². The van der Waals surface area contributed by atoms with Gasteiger partial charge in [-0.1, -0.05) is 6.07 Å². The van der Waals surface area contributed by atoms with Gasteiger partial charge in [-0.2, -0.15) is 0 Å². The normalized spacial score (nSPS) is 11.9. The molecular weight excluding hydrogens is 288 g/mol. The van der Waals surface area contributed by atoms with Gasteiger partial charge in [0, 0.05) is 0 Å². The maximum atomic E-state index is 10.6. The largest absolute Gasteiger partial charge is 2.00 e. The zero-order chi connectivity index (χ0) is 11.9. The zero-order valence-corrected chi connectivity index (χ0v) is 11.5. The van der Waals surface area contributed by atoms with Crippen LogP contribution in [0.3, 0.4) is 0 Å². The third-order valence-corrected chi connectivity index (χ3v) is 3.41. The Morgan fingerprint density at radius 2 is 1.50 bits per heavy atom. The predicted octanol–water partition coefficient (Wildman–Crippen LogP) is -1.18. The minimum absolute atomic E-state index is 0. The first kappa shape index (κ1) is 16.1. The summed E-state index contributed by atoms with van der Waals surface area (Å²) >= 11 is 0. The molecule has 0 amide bonds. The Bertz CT molecular complexity index is 589. The average molecular weight is 292 g/mol. The van der Waals surface area contributed by atoms with E-state index in [0.717, 1.165) is 12.1 Å². The summed E-state index contributed by atoms with van der Waals surface area (Å²) in [6, 6.07) is 2.36. The quantitative estimate of drug-likeness (QED) is 0.535. The number of phenols is 1. The molecule has 0 saturated carbocycles. The van der Waals surface area contributed by atoms with E-state index in [-0.39, 0.29) is 37.7 Å². The van der Waals surface area contributed by atoms with Crippen LogP contribution < -0.4 is 0 Å². The molecular formula is C6H4CaO7S2. The fourth-order valence-corrected chi connectivity index (χ4v) is 2.78. The minimum atomic E-state index is -5.23.